The van der Waals surface area contributed by atoms with Gasteiger partial charge in [0.2, 0.25) is 5.91 Å². The maximum atomic E-state index is 12.9. The molecule has 0 aromatic heterocycles. The van der Waals surface area contributed by atoms with Crippen LogP contribution in [0.3, 0.4) is 0 Å². The van der Waals surface area contributed by atoms with Gasteiger partial charge in [0.1, 0.15) is 0 Å². The predicted molar refractivity (Wildman–Crippen MR) is 113 cm³/mol. The molecule has 1 saturated carbocycles. The fourth-order valence-electron chi connectivity index (χ4n) is 4.58. The third-order valence-electron chi connectivity index (χ3n) is 6.11. The number of anilines is 1. The normalized spacial score (nSPS) is 20.7. The number of carbonyl (C=O) groups is 1. The molecule has 1 heterocycles. The Hall–Kier alpha value is -2.53. The van der Waals surface area contributed by atoms with Crippen molar-refractivity contribution in [3.63, 3.8) is 0 Å². The summed E-state index contributed by atoms with van der Waals surface area (Å²) in [7, 11) is 0. The summed E-state index contributed by atoms with van der Waals surface area (Å²) < 4.78 is 11.4. The Morgan fingerprint density at radius 1 is 1.00 bits per heavy atom. The molecule has 2 aliphatic carbocycles. The minimum absolute atomic E-state index is 0.0365. The molecule has 29 heavy (non-hydrogen) atoms. The van der Waals surface area contributed by atoms with E-state index in [-0.39, 0.29) is 5.91 Å². The third-order valence-corrected chi connectivity index (χ3v) is 6.11. The first-order valence-corrected chi connectivity index (χ1v) is 10.8. The summed E-state index contributed by atoms with van der Waals surface area (Å²) in [6.07, 6.45) is 6.72. The number of benzene rings is 2. The summed E-state index contributed by atoms with van der Waals surface area (Å²) in [5, 5.41) is 3.07. The standard InChI is InChI=1S/C24H28N2O3/c27-24(25-18-9-12-22-23(15-18)29-14-4-13-28-22)16-26(19-10-11-19)21-8-3-6-17-5-1-2-7-20(17)21/h1-2,5,7,9,12,15,19,21H,3-4,6,8,10-11,13-14,16H2,(H,25,27). The molecular weight excluding hydrogens is 364 g/mol. The molecule has 1 atom stereocenters. The van der Waals surface area contributed by atoms with Gasteiger partial charge >= 0.3 is 0 Å². The van der Waals surface area contributed by atoms with Gasteiger partial charge in [-0.05, 0) is 55.4 Å². The molecule has 0 radical (unpaired) electrons. The molecule has 2 aromatic rings. The molecule has 3 aliphatic rings. The summed E-state index contributed by atoms with van der Waals surface area (Å²) in [5.74, 6) is 1.49. The largest absolute Gasteiger partial charge is 0.490 e. The Balaban J connectivity index is 1.30. The van der Waals surface area contributed by atoms with Crippen molar-refractivity contribution in [2.75, 3.05) is 25.1 Å². The first kappa shape index (κ1) is 18.5. The van der Waals surface area contributed by atoms with E-state index >= 15 is 0 Å². The minimum Gasteiger partial charge on any atom is -0.490 e. The van der Waals surface area contributed by atoms with Gasteiger partial charge in [0, 0.05) is 30.3 Å². The van der Waals surface area contributed by atoms with Crippen LogP contribution in [0, 0.1) is 0 Å². The molecule has 2 aromatic carbocycles. The summed E-state index contributed by atoms with van der Waals surface area (Å²) in [6.45, 7) is 1.73. The quantitative estimate of drug-likeness (QED) is 0.823. The molecule has 5 heteroatoms. The zero-order valence-electron chi connectivity index (χ0n) is 16.7. The molecule has 1 fully saturated rings. The van der Waals surface area contributed by atoms with E-state index in [1.165, 1.54) is 30.4 Å². The van der Waals surface area contributed by atoms with E-state index in [4.69, 9.17) is 9.47 Å². The number of nitrogens with one attached hydrogen (secondary N) is 1. The van der Waals surface area contributed by atoms with Gasteiger partial charge in [-0.2, -0.15) is 0 Å². The maximum Gasteiger partial charge on any atom is 0.238 e. The Morgan fingerprint density at radius 3 is 2.69 bits per heavy atom. The number of ether oxygens (including phenoxy) is 2. The maximum absolute atomic E-state index is 12.9. The molecular formula is C24H28N2O3. The Bertz CT molecular complexity index is 893. The van der Waals surface area contributed by atoms with E-state index < -0.39 is 0 Å². The lowest BCUT2D eigenvalue weighted by Crippen LogP contribution is -2.39. The van der Waals surface area contributed by atoms with Crippen LogP contribution in [-0.4, -0.2) is 36.6 Å². The number of amides is 1. The lowest BCUT2D eigenvalue weighted by atomic mass is 9.86. The van der Waals surface area contributed by atoms with Crippen LogP contribution in [0.2, 0.25) is 0 Å². The smallest absolute Gasteiger partial charge is 0.238 e. The van der Waals surface area contributed by atoms with Gasteiger partial charge in [-0.25, -0.2) is 0 Å². The van der Waals surface area contributed by atoms with Crippen molar-refractivity contribution in [2.24, 2.45) is 0 Å². The van der Waals surface area contributed by atoms with E-state index in [1.807, 2.05) is 18.2 Å². The van der Waals surface area contributed by atoms with E-state index in [1.54, 1.807) is 0 Å². The van der Waals surface area contributed by atoms with E-state index in [0.29, 0.717) is 37.6 Å². The molecule has 1 aliphatic heterocycles. The van der Waals surface area contributed by atoms with E-state index in [9.17, 15) is 4.79 Å². The number of nitrogens with zero attached hydrogens (tertiary/aromatic N) is 1. The van der Waals surface area contributed by atoms with Crippen molar-refractivity contribution < 1.29 is 14.3 Å². The molecule has 1 N–H and O–H groups in total. The highest BCUT2D eigenvalue weighted by Crippen LogP contribution is 2.40. The number of hydrogen-bond acceptors (Lipinski definition) is 4. The Morgan fingerprint density at radius 2 is 1.83 bits per heavy atom. The average molecular weight is 392 g/mol. The van der Waals surface area contributed by atoms with Crippen molar-refractivity contribution in [3.05, 3.63) is 53.6 Å². The number of carbonyl (C=O) groups excluding carboxylic acids is 1. The highest BCUT2D eigenvalue weighted by atomic mass is 16.5. The van der Waals surface area contributed by atoms with Crippen LogP contribution >= 0.6 is 0 Å². The molecule has 5 rings (SSSR count). The van der Waals surface area contributed by atoms with Crippen molar-refractivity contribution in [3.8, 4) is 11.5 Å². The molecule has 0 saturated heterocycles. The predicted octanol–water partition coefficient (Wildman–Crippen LogP) is 4.33. The number of hydrogen-bond donors (Lipinski definition) is 1. The van der Waals surface area contributed by atoms with Gasteiger partial charge in [-0.15, -0.1) is 0 Å². The Kier molecular flexibility index (Phi) is 5.15. The summed E-state index contributed by atoms with van der Waals surface area (Å²) in [4.78, 5) is 15.3. The second-order valence-electron chi connectivity index (χ2n) is 8.27. The van der Waals surface area contributed by atoms with Crippen molar-refractivity contribution in [1.82, 2.24) is 4.90 Å². The fraction of sp³-hybridized carbons (Fsp3) is 0.458. The first-order chi connectivity index (χ1) is 14.3. The summed E-state index contributed by atoms with van der Waals surface area (Å²) >= 11 is 0. The fourth-order valence-corrected chi connectivity index (χ4v) is 4.58. The number of fused-ring (bicyclic) bond motifs is 2. The highest BCUT2D eigenvalue weighted by molar-refractivity contribution is 5.92. The van der Waals surface area contributed by atoms with Crippen LogP contribution in [0.5, 0.6) is 11.5 Å². The van der Waals surface area contributed by atoms with E-state index in [2.05, 4.69) is 34.5 Å². The van der Waals surface area contributed by atoms with Gasteiger partial charge in [0.25, 0.3) is 0 Å². The van der Waals surface area contributed by atoms with Crippen molar-refractivity contribution in [2.45, 2.75) is 50.6 Å². The summed E-state index contributed by atoms with van der Waals surface area (Å²) in [6, 6.07) is 15.3. The Labute approximate surface area is 172 Å². The first-order valence-electron chi connectivity index (χ1n) is 10.8. The zero-order valence-corrected chi connectivity index (χ0v) is 16.7. The van der Waals surface area contributed by atoms with Crippen LogP contribution in [0.15, 0.2) is 42.5 Å². The van der Waals surface area contributed by atoms with Crippen LogP contribution in [0.25, 0.3) is 0 Å². The molecule has 1 unspecified atom stereocenters. The van der Waals surface area contributed by atoms with Gasteiger partial charge in [-0.1, -0.05) is 24.3 Å². The van der Waals surface area contributed by atoms with Crippen LogP contribution in [-0.2, 0) is 11.2 Å². The molecule has 1 amide bonds. The second kappa shape index (κ2) is 8.07. The molecule has 5 nitrogen and oxygen atoms in total. The molecule has 152 valence electrons. The highest BCUT2D eigenvalue weighted by Gasteiger charge is 2.37. The molecule has 0 bridgehead atoms. The van der Waals surface area contributed by atoms with E-state index in [0.717, 1.165) is 30.7 Å². The lowest BCUT2D eigenvalue weighted by molar-refractivity contribution is -0.118. The second-order valence-corrected chi connectivity index (χ2v) is 8.27. The number of rotatable bonds is 5. The van der Waals surface area contributed by atoms with Crippen LogP contribution < -0.4 is 14.8 Å². The van der Waals surface area contributed by atoms with Gasteiger partial charge in [0.15, 0.2) is 11.5 Å². The monoisotopic (exact) mass is 392 g/mol. The number of aryl methyl sites for hydroxylation is 1. The zero-order chi connectivity index (χ0) is 19.6. The van der Waals surface area contributed by atoms with Gasteiger partial charge in [0.05, 0.1) is 19.8 Å². The van der Waals surface area contributed by atoms with Crippen LogP contribution in [0.1, 0.15) is 49.3 Å². The van der Waals surface area contributed by atoms with Crippen LogP contribution in [0.4, 0.5) is 5.69 Å². The summed E-state index contributed by atoms with van der Waals surface area (Å²) in [5.41, 5.74) is 3.62. The minimum atomic E-state index is 0.0365. The topological polar surface area (TPSA) is 50.8 Å². The average Bonchev–Trinajstić information content (AvgIpc) is 3.59. The van der Waals surface area contributed by atoms with Gasteiger partial charge < -0.3 is 14.8 Å². The third kappa shape index (κ3) is 4.10. The lowest BCUT2D eigenvalue weighted by Gasteiger charge is -2.35. The van der Waals surface area contributed by atoms with Crippen molar-refractivity contribution in [1.29, 1.82) is 0 Å². The van der Waals surface area contributed by atoms with Gasteiger partial charge in [-0.3, -0.25) is 9.69 Å². The van der Waals surface area contributed by atoms with Crippen molar-refractivity contribution >= 4 is 11.6 Å². The SMILES string of the molecule is O=C(CN(C1CC1)C1CCCc2ccccc21)Nc1ccc2c(c1)OCCCO2. The molecule has 0 spiro atoms.